The van der Waals surface area contributed by atoms with Gasteiger partial charge in [0.05, 0.1) is 24.6 Å². The molecule has 8 N–H and O–H groups in total. The smallest absolute Gasteiger partial charge is 0.320 e. The largest absolute Gasteiger partial charge is 0.508 e. The van der Waals surface area contributed by atoms with Gasteiger partial charge in [-0.2, -0.15) is 9.97 Å². The monoisotopic (exact) mass is 718 g/mol. The quantitative estimate of drug-likeness (QED) is 0.0917. The van der Waals surface area contributed by atoms with Gasteiger partial charge >= 0.3 is 6.03 Å². The van der Waals surface area contributed by atoms with E-state index in [9.17, 15) is 30.0 Å². The average Bonchev–Trinajstić information content (AvgIpc) is 3.89. The first-order chi connectivity index (χ1) is 25.8. The van der Waals surface area contributed by atoms with Crippen molar-refractivity contribution in [3.63, 3.8) is 0 Å². The maximum Gasteiger partial charge on any atom is 0.320 e. The van der Waals surface area contributed by atoms with Crippen LogP contribution in [0.25, 0.3) is 17.1 Å². The second-order valence-electron chi connectivity index (χ2n) is 12.7. The number of urea groups is 1. The molecule has 0 aliphatic heterocycles. The van der Waals surface area contributed by atoms with E-state index in [-0.39, 0.29) is 36.4 Å². The van der Waals surface area contributed by atoms with Crippen LogP contribution in [0.15, 0.2) is 104 Å². The standard InChI is InChI=1S/C37H38N10O6/c48-19-30(50)42-27-15-28(33(52)32(27)51)47-21-41-31-34(38-17-26(23-9-3-1-4-10-23)24-11-5-2-6-12-24)44-36(45-35(31)47)46-18-29(40-20-46)43-37(53)39-16-22-8-7-13-25(49)14-22/h1-14,18,20-21,26-28,32-33,48-49,51-52H,15-17,19H2,(H,42,50)(H,38,44,45)(H2,39,43,53). The molecule has 1 aliphatic rings. The van der Waals surface area contributed by atoms with Crippen LogP contribution < -0.4 is 21.3 Å². The van der Waals surface area contributed by atoms with Crippen molar-refractivity contribution >= 4 is 34.7 Å². The summed E-state index contributed by atoms with van der Waals surface area (Å²) in [4.78, 5) is 43.2. The Kier molecular flexibility index (Phi) is 10.2. The Labute approximate surface area is 303 Å². The summed E-state index contributed by atoms with van der Waals surface area (Å²) in [6, 6.07) is 24.6. The molecule has 1 saturated carbocycles. The third-order valence-electron chi connectivity index (χ3n) is 9.21. The second-order valence-corrected chi connectivity index (χ2v) is 12.7. The number of phenols is 1. The lowest BCUT2D eigenvalue weighted by Gasteiger charge is -2.20. The molecule has 4 unspecified atom stereocenters. The molecule has 4 atom stereocenters. The van der Waals surface area contributed by atoms with Gasteiger partial charge < -0.3 is 40.9 Å². The first-order valence-corrected chi connectivity index (χ1v) is 17.0. The van der Waals surface area contributed by atoms with Crippen LogP contribution >= 0.6 is 0 Å². The highest BCUT2D eigenvalue weighted by molar-refractivity contribution is 5.88. The lowest BCUT2D eigenvalue weighted by molar-refractivity contribution is -0.125. The number of anilines is 2. The Morgan fingerprint density at radius 2 is 1.62 bits per heavy atom. The van der Waals surface area contributed by atoms with Crippen molar-refractivity contribution in [1.82, 2.24) is 39.7 Å². The third-order valence-corrected chi connectivity index (χ3v) is 9.21. The highest BCUT2D eigenvalue weighted by atomic mass is 16.3. The van der Waals surface area contributed by atoms with E-state index in [0.717, 1.165) is 11.1 Å². The number of aliphatic hydroxyl groups is 3. The number of rotatable bonds is 12. The topological polar surface area (TPSA) is 225 Å². The van der Waals surface area contributed by atoms with Crippen molar-refractivity contribution in [3.05, 3.63) is 120 Å². The van der Waals surface area contributed by atoms with Gasteiger partial charge in [0.1, 0.15) is 30.9 Å². The van der Waals surface area contributed by atoms with E-state index in [4.69, 9.17) is 9.97 Å². The summed E-state index contributed by atoms with van der Waals surface area (Å²) in [6.45, 7) is -0.140. The van der Waals surface area contributed by atoms with Gasteiger partial charge in [-0.1, -0.05) is 72.8 Å². The molecular weight excluding hydrogens is 680 g/mol. The van der Waals surface area contributed by atoms with E-state index < -0.39 is 42.8 Å². The number of fused-ring (bicyclic) bond motifs is 1. The van der Waals surface area contributed by atoms with E-state index in [1.165, 1.54) is 17.2 Å². The van der Waals surface area contributed by atoms with Gasteiger partial charge in [-0.15, -0.1) is 0 Å². The molecule has 0 radical (unpaired) electrons. The minimum absolute atomic E-state index is 0.0574. The summed E-state index contributed by atoms with van der Waals surface area (Å²) in [5.41, 5.74) is 3.64. The maximum absolute atomic E-state index is 12.7. The van der Waals surface area contributed by atoms with Gasteiger partial charge in [0.2, 0.25) is 11.9 Å². The molecule has 16 nitrogen and oxygen atoms in total. The summed E-state index contributed by atoms with van der Waals surface area (Å²) in [5, 5.41) is 52.3. The van der Waals surface area contributed by atoms with Crippen LogP contribution in [0.5, 0.6) is 5.75 Å². The Morgan fingerprint density at radius 1 is 0.887 bits per heavy atom. The van der Waals surface area contributed by atoms with E-state index in [2.05, 4.69) is 55.5 Å². The average molecular weight is 719 g/mol. The lowest BCUT2D eigenvalue weighted by Crippen LogP contribution is -2.44. The Hall–Kier alpha value is -6.36. The number of aliphatic hydroxyl groups excluding tert-OH is 3. The van der Waals surface area contributed by atoms with Gasteiger partial charge in [0, 0.05) is 19.0 Å². The van der Waals surface area contributed by atoms with Crippen LogP contribution in [0.1, 0.15) is 35.1 Å². The zero-order valence-corrected chi connectivity index (χ0v) is 28.3. The molecule has 0 spiro atoms. The summed E-state index contributed by atoms with van der Waals surface area (Å²) < 4.78 is 3.17. The number of aromatic hydroxyl groups is 1. The fourth-order valence-electron chi connectivity index (χ4n) is 6.57. The number of carbonyl (C=O) groups excluding carboxylic acids is 2. The van der Waals surface area contributed by atoms with Crippen LogP contribution in [-0.4, -0.2) is 92.8 Å². The van der Waals surface area contributed by atoms with Gasteiger partial charge in [0.15, 0.2) is 22.8 Å². The molecule has 0 saturated heterocycles. The number of hydrogen-bond acceptors (Lipinski definition) is 11. The first kappa shape index (κ1) is 35.1. The zero-order valence-electron chi connectivity index (χ0n) is 28.3. The molecule has 16 heteroatoms. The molecule has 1 aliphatic carbocycles. The SMILES string of the molecule is O=C(CO)NC1CC(n2cnc3c(NCC(c4ccccc4)c4ccccc4)nc(-n4cnc(NC(=O)NCc5cccc(O)c5)c4)nc32)C(O)C1O. The first-order valence-electron chi connectivity index (χ1n) is 17.0. The van der Waals surface area contributed by atoms with Crippen LogP contribution in [-0.2, 0) is 11.3 Å². The number of carbonyl (C=O) groups is 2. The molecule has 3 aromatic carbocycles. The van der Waals surface area contributed by atoms with Crippen LogP contribution in [0.2, 0.25) is 0 Å². The van der Waals surface area contributed by atoms with E-state index in [1.807, 2.05) is 36.4 Å². The third kappa shape index (κ3) is 7.79. The Bertz CT molecular complexity index is 2160. The highest BCUT2D eigenvalue weighted by Crippen LogP contribution is 2.35. The number of aromatic nitrogens is 6. The summed E-state index contributed by atoms with van der Waals surface area (Å²) >= 11 is 0. The van der Waals surface area contributed by atoms with E-state index in [0.29, 0.717) is 29.1 Å². The van der Waals surface area contributed by atoms with Crippen LogP contribution in [0.3, 0.4) is 0 Å². The predicted octanol–water partition coefficient (Wildman–Crippen LogP) is 2.43. The molecule has 0 bridgehead atoms. The molecule has 3 aromatic heterocycles. The molecule has 6 aromatic rings. The summed E-state index contributed by atoms with van der Waals surface area (Å²) in [5.74, 6) is 0.159. The van der Waals surface area contributed by atoms with Gasteiger partial charge in [-0.25, -0.2) is 14.8 Å². The molecule has 3 heterocycles. The maximum atomic E-state index is 12.7. The van der Waals surface area contributed by atoms with Crippen molar-refractivity contribution in [2.75, 3.05) is 23.8 Å². The summed E-state index contributed by atoms with van der Waals surface area (Å²) in [6.07, 6.45) is 2.06. The fourth-order valence-corrected chi connectivity index (χ4v) is 6.57. The number of benzene rings is 3. The zero-order chi connectivity index (χ0) is 36.9. The minimum atomic E-state index is -1.30. The molecular formula is C37H38N10O6. The lowest BCUT2D eigenvalue weighted by atomic mass is 9.91. The van der Waals surface area contributed by atoms with Crippen LogP contribution in [0, 0.1) is 0 Å². The molecule has 3 amide bonds. The van der Waals surface area contributed by atoms with Crippen molar-refractivity contribution < 1.29 is 30.0 Å². The molecule has 53 heavy (non-hydrogen) atoms. The van der Waals surface area contributed by atoms with Crippen molar-refractivity contribution in [2.45, 2.75) is 43.2 Å². The summed E-state index contributed by atoms with van der Waals surface area (Å²) in [7, 11) is 0. The number of nitrogens with one attached hydrogen (secondary N) is 4. The van der Waals surface area contributed by atoms with Gasteiger partial charge in [-0.3, -0.25) is 14.7 Å². The van der Waals surface area contributed by atoms with E-state index >= 15 is 0 Å². The van der Waals surface area contributed by atoms with E-state index in [1.54, 1.807) is 35.0 Å². The Balaban J connectivity index is 1.20. The van der Waals surface area contributed by atoms with Crippen molar-refractivity contribution in [2.24, 2.45) is 0 Å². The van der Waals surface area contributed by atoms with Gasteiger partial charge in [-0.05, 0) is 35.2 Å². The molecule has 7 rings (SSSR count). The van der Waals surface area contributed by atoms with Crippen molar-refractivity contribution in [1.29, 1.82) is 0 Å². The number of amides is 3. The molecule has 1 fully saturated rings. The molecule has 272 valence electrons. The van der Waals surface area contributed by atoms with Crippen LogP contribution in [0.4, 0.5) is 16.4 Å². The minimum Gasteiger partial charge on any atom is -0.508 e. The number of imidazole rings is 2. The number of hydrogen-bond donors (Lipinski definition) is 8. The second kappa shape index (κ2) is 15.5. The van der Waals surface area contributed by atoms with Gasteiger partial charge in [0.25, 0.3) is 0 Å². The fraction of sp³-hybridized carbons (Fsp3) is 0.243. The number of nitrogens with zero attached hydrogens (tertiary/aromatic N) is 6. The Morgan fingerprint density at radius 3 is 2.32 bits per heavy atom. The predicted molar refractivity (Wildman–Crippen MR) is 194 cm³/mol. The number of phenolic OH excluding ortho intramolecular Hbond substituents is 1. The normalized spacial score (nSPS) is 18.3. The van der Waals surface area contributed by atoms with Crippen molar-refractivity contribution in [3.8, 4) is 11.7 Å². The highest BCUT2D eigenvalue weighted by Gasteiger charge is 2.44.